The second-order valence-electron chi connectivity index (χ2n) is 10.3. The Bertz CT molecular complexity index is 1370. The molecule has 1 aliphatic heterocycles. The Morgan fingerprint density at radius 3 is 1.55 bits per heavy atom. The number of nitrogens with one attached hydrogen (secondary N) is 1. The third-order valence-corrected chi connectivity index (χ3v) is 9.92. The number of halogens is 2. The van der Waals surface area contributed by atoms with E-state index in [4.69, 9.17) is 23.2 Å². The van der Waals surface area contributed by atoms with Crippen molar-refractivity contribution in [3.8, 4) is 0 Å². The minimum Gasteiger partial charge on any atom is -0.324 e. The fraction of sp³-hybridized carbons (Fsp3) is 0.323. The van der Waals surface area contributed by atoms with Gasteiger partial charge in [-0.1, -0.05) is 80.6 Å². The maximum atomic E-state index is 14.1. The number of hydrogen-bond donors (Lipinski definition) is 1. The van der Waals surface area contributed by atoms with E-state index < -0.39 is 45.3 Å². The SMILES string of the molecule is CCc1cccc(CC)c1NC(=O)[C@H](C)N1C(=O)[C@@H]2[C@@H](C1=O)C1(Cl)c3ccccc3C2(Cl)c2ccccc21. The summed E-state index contributed by atoms with van der Waals surface area (Å²) in [7, 11) is 0. The first-order chi connectivity index (χ1) is 18.2. The zero-order chi connectivity index (χ0) is 27.0. The Labute approximate surface area is 232 Å². The Hall–Kier alpha value is -3.15. The number of carbonyl (C=O) groups excluding carboxylic acids is 3. The number of alkyl halides is 2. The molecule has 1 saturated heterocycles. The largest absolute Gasteiger partial charge is 0.324 e. The number of likely N-dealkylation sites (tertiary alicyclic amines) is 1. The van der Waals surface area contributed by atoms with Gasteiger partial charge in [-0.3, -0.25) is 19.3 Å². The van der Waals surface area contributed by atoms with Crippen molar-refractivity contribution < 1.29 is 14.4 Å². The molecule has 0 spiro atoms. The quantitative estimate of drug-likeness (QED) is 0.328. The zero-order valence-corrected chi connectivity index (χ0v) is 22.9. The molecule has 4 aliphatic rings. The summed E-state index contributed by atoms with van der Waals surface area (Å²) in [5.41, 5.74) is 5.69. The minimum absolute atomic E-state index is 0.421. The van der Waals surface area contributed by atoms with Gasteiger partial charge in [0.15, 0.2) is 0 Å². The van der Waals surface area contributed by atoms with Crippen molar-refractivity contribution in [2.24, 2.45) is 11.8 Å². The summed E-state index contributed by atoms with van der Waals surface area (Å²) in [6.07, 6.45) is 1.48. The second-order valence-corrected chi connectivity index (χ2v) is 11.5. The molecule has 3 amide bonds. The third kappa shape index (κ3) is 3.03. The lowest BCUT2D eigenvalue weighted by atomic mass is 9.54. The molecule has 38 heavy (non-hydrogen) atoms. The lowest BCUT2D eigenvalue weighted by molar-refractivity contribution is -0.146. The monoisotopic (exact) mass is 546 g/mol. The van der Waals surface area contributed by atoms with Crippen LogP contribution in [-0.4, -0.2) is 28.7 Å². The van der Waals surface area contributed by atoms with Gasteiger partial charge in [-0.2, -0.15) is 0 Å². The van der Waals surface area contributed by atoms with Crippen molar-refractivity contribution in [1.29, 1.82) is 0 Å². The van der Waals surface area contributed by atoms with Crippen LogP contribution in [0.2, 0.25) is 0 Å². The molecule has 5 nitrogen and oxygen atoms in total. The molecule has 2 bridgehead atoms. The van der Waals surface area contributed by atoms with Crippen LogP contribution in [0.4, 0.5) is 5.69 Å². The highest BCUT2D eigenvalue weighted by molar-refractivity contribution is 6.36. The number of aryl methyl sites for hydroxylation is 2. The van der Waals surface area contributed by atoms with Crippen LogP contribution in [0.15, 0.2) is 66.7 Å². The van der Waals surface area contributed by atoms with Crippen LogP contribution in [0, 0.1) is 11.8 Å². The molecule has 1 heterocycles. The molecule has 194 valence electrons. The summed E-state index contributed by atoms with van der Waals surface area (Å²) >= 11 is 15.0. The number of amides is 3. The molecule has 0 aromatic heterocycles. The molecule has 7 rings (SSSR count). The maximum Gasteiger partial charge on any atom is 0.247 e. The van der Waals surface area contributed by atoms with Gasteiger partial charge in [0.05, 0.1) is 11.8 Å². The highest BCUT2D eigenvalue weighted by Crippen LogP contribution is 2.69. The van der Waals surface area contributed by atoms with Crippen molar-refractivity contribution in [1.82, 2.24) is 4.90 Å². The Morgan fingerprint density at radius 2 is 1.18 bits per heavy atom. The topological polar surface area (TPSA) is 66.5 Å². The number of hydrogen-bond acceptors (Lipinski definition) is 3. The molecule has 0 unspecified atom stereocenters. The first-order valence-electron chi connectivity index (χ1n) is 13.1. The molecule has 0 radical (unpaired) electrons. The molecule has 1 fully saturated rings. The molecule has 3 aliphatic carbocycles. The van der Waals surface area contributed by atoms with E-state index in [-0.39, 0.29) is 0 Å². The molecule has 1 N–H and O–H groups in total. The summed E-state index contributed by atoms with van der Waals surface area (Å²) in [6.45, 7) is 5.64. The van der Waals surface area contributed by atoms with Gasteiger partial charge in [0.2, 0.25) is 17.7 Å². The summed E-state index contributed by atoms with van der Waals surface area (Å²) in [5, 5.41) is 3.02. The Morgan fingerprint density at radius 1 is 0.789 bits per heavy atom. The average Bonchev–Trinajstić information content (AvgIpc) is 3.22. The van der Waals surface area contributed by atoms with Crippen LogP contribution >= 0.6 is 23.2 Å². The first kappa shape index (κ1) is 25.1. The smallest absolute Gasteiger partial charge is 0.247 e. The number of benzene rings is 3. The molecule has 3 atom stereocenters. The predicted molar refractivity (Wildman–Crippen MR) is 148 cm³/mol. The van der Waals surface area contributed by atoms with Crippen molar-refractivity contribution in [2.75, 3.05) is 5.32 Å². The predicted octanol–water partition coefficient (Wildman–Crippen LogP) is 5.73. The molecule has 3 aromatic rings. The number of nitrogens with zero attached hydrogens (tertiary/aromatic N) is 1. The standard InChI is InChI=1S/C31H28Cl2N2O3/c1-4-18-11-10-12-19(5-2)26(18)34-27(36)17(3)35-28(37)24-25(29(35)38)31(33)21-14-7-6-13-20(21)30(24,32)22-15-8-9-16-23(22)31/h6-17,24-25H,4-5H2,1-3H3,(H,34,36)/t17-,24-,25-,30?,31?/m0/s1. The Kier molecular flexibility index (Phi) is 5.75. The van der Waals surface area contributed by atoms with Gasteiger partial charge in [-0.25, -0.2) is 0 Å². The van der Waals surface area contributed by atoms with E-state index in [9.17, 15) is 14.4 Å². The van der Waals surface area contributed by atoms with Crippen LogP contribution in [0.25, 0.3) is 0 Å². The normalized spacial score (nSPS) is 27.6. The second kappa shape index (κ2) is 8.69. The van der Waals surface area contributed by atoms with E-state index in [1.165, 1.54) is 0 Å². The van der Waals surface area contributed by atoms with Crippen molar-refractivity contribution in [2.45, 2.75) is 49.4 Å². The number of anilines is 1. The van der Waals surface area contributed by atoms with Gasteiger partial charge in [0, 0.05) is 5.69 Å². The number of carbonyl (C=O) groups is 3. The first-order valence-corrected chi connectivity index (χ1v) is 13.8. The lowest BCUT2D eigenvalue weighted by Gasteiger charge is -2.54. The average molecular weight is 547 g/mol. The number of imide groups is 1. The van der Waals surface area contributed by atoms with E-state index in [1.54, 1.807) is 6.92 Å². The minimum atomic E-state index is -1.27. The van der Waals surface area contributed by atoms with E-state index in [2.05, 4.69) is 5.32 Å². The van der Waals surface area contributed by atoms with E-state index >= 15 is 0 Å². The molecule has 0 saturated carbocycles. The van der Waals surface area contributed by atoms with Gasteiger partial charge in [-0.15, -0.1) is 23.2 Å². The van der Waals surface area contributed by atoms with Crippen molar-refractivity contribution >= 4 is 46.6 Å². The van der Waals surface area contributed by atoms with E-state index in [1.807, 2.05) is 80.6 Å². The highest BCUT2D eigenvalue weighted by atomic mass is 35.5. The third-order valence-electron chi connectivity index (χ3n) is 8.63. The molecular weight excluding hydrogens is 519 g/mol. The van der Waals surface area contributed by atoms with E-state index in [0.29, 0.717) is 0 Å². The van der Waals surface area contributed by atoms with Gasteiger partial charge < -0.3 is 5.32 Å². The molecule has 7 heteroatoms. The van der Waals surface area contributed by atoms with Gasteiger partial charge >= 0.3 is 0 Å². The van der Waals surface area contributed by atoms with Gasteiger partial charge in [-0.05, 0) is 53.1 Å². The van der Waals surface area contributed by atoms with Gasteiger partial charge in [0.25, 0.3) is 0 Å². The lowest BCUT2D eigenvalue weighted by Crippen LogP contribution is -2.57. The zero-order valence-electron chi connectivity index (χ0n) is 21.4. The number of rotatable bonds is 5. The van der Waals surface area contributed by atoms with Crippen LogP contribution in [0.3, 0.4) is 0 Å². The molecule has 3 aromatic carbocycles. The molecular formula is C31H28Cl2N2O3. The summed E-state index contributed by atoms with van der Waals surface area (Å²) in [4.78, 5) is 40.4. The van der Waals surface area contributed by atoms with Crippen molar-refractivity contribution in [3.63, 3.8) is 0 Å². The summed E-state index contributed by atoms with van der Waals surface area (Å²) < 4.78 is 0. The fourth-order valence-electron chi connectivity index (χ4n) is 6.82. The summed E-state index contributed by atoms with van der Waals surface area (Å²) in [5.74, 6) is -3.21. The highest BCUT2D eigenvalue weighted by Gasteiger charge is 2.73. The fourth-order valence-corrected chi connectivity index (χ4v) is 7.92. The van der Waals surface area contributed by atoms with Crippen LogP contribution in [-0.2, 0) is 37.0 Å². The van der Waals surface area contributed by atoms with Crippen LogP contribution in [0.5, 0.6) is 0 Å². The Balaban J connectivity index is 1.43. The summed E-state index contributed by atoms with van der Waals surface area (Å²) in [6, 6.07) is 19.9. The van der Waals surface area contributed by atoms with Crippen LogP contribution < -0.4 is 5.32 Å². The van der Waals surface area contributed by atoms with Gasteiger partial charge in [0.1, 0.15) is 15.8 Å². The number of para-hydroxylation sites is 1. The van der Waals surface area contributed by atoms with Crippen molar-refractivity contribution in [3.05, 3.63) is 100 Å². The van der Waals surface area contributed by atoms with E-state index in [0.717, 1.165) is 56.8 Å². The van der Waals surface area contributed by atoms with Crippen LogP contribution in [0.1, 0.15) is 54.2 Å². The maximum absolute atomic E-state index is 14.1.